The van der Waals surface area contributed by atoms with Crippen LogP contribution in [0.1, 0.15) is 27.2 Å². The Kier molecular flexibility index (Phi) is 5.16. The molecule has 2 N–H and O–H groups in total. The van der Waals surface area contributed by atoms with Gasteiger partial charge in [-0.2, -0.15) is 13.2 Å². The molecule has 3 nitrogen and oxygen atoms in total. The Morgan fingerprint density at radius 3 is 2.48 bits per heavy atom. The van der Waals surface area contributed by atoms with E-state index in [9.17, 15) is 18.0 Å². The van der Waals surface area contributed by atoms with Crippen molar-refractivity contribution in [3.63, 3.8) is 0 Å². The second-order valence-electron chi connectivity index (χ2n) is 4.78. The number of pyridine rings is 1. The van der Waals surface area contributed by atoms with Gasteiger partial charge in [0.15, 0.2) is 0 Å². The van der Waals surface area contributed by atoms with Crippen molar-refractivity contribution in [1.29, 1.82) is 0 Å². The number of alkyl halides is 3. The molecule has 0 aliphatic carbocycles. The van der Waals surface area contributed by atoms with Crippen molar-refractivity contribution in [2.75, 3.05) is 0 Å². The maximum atomic E-state index is 13.3. The summed E-state index contributed by atoms with van der Waals surface area (Å²) in [4.78, 5) is 15.3. The number of aryl methyl sites for hydroxylation is 2. The lowest BCUT2D eigenvalue weighted by Crippen LogP contribution is -2.21. The topological polar surface area (TPSA) is 56.0 Å². The van der Waals surface area contributed by atoms with Crippen LogP contribution in [0.15, 0.2) is 30.5 Å². The molecule has 122 valence electrons. The standard InChI is InChI=1S/C15H11Cl2F3N2O/c16-9-6-11(17)12(22-7-9)5-4-8-2-1-3-10(14(21)23)13(8)15(18,19)20/h1-3,6-7H,4-5H2,(H2,21,23). The van der Waals surface area contributed by atoms with E-state index in [0.29, 0.717) is 10.7 Å². The van der Waals surface area contributed by atoms with Crippen LogP contribution in [-0.2, 0) is 19.0 Å². The van der Waals surface area contributed by atoms with Crippen molar-refractivity contribution in [3.05, 3.63) is 62.9 Å². The Bertz CT molecular complexity index is 748. The van der Waals surface area contributed by atoms with Gasteiger partial charge in [-0.3, -0.25) is 9.78 Å². The van der Waals surface area contributed by atoms with Crippen LogP contribution in [0, 0.1) is 0 Å². The molecule has 0 aliphatic rings. The fraction of sp³-hybridized carbons (Fsp3) is 0.200. The van der Waals surface area contributed by atoms with Crippen LogP contribution >= 0.6 is 23.2 Å². The number of benzene rings is 1. The highest BCUT2D eigenvalue weighted by Gasteiger charge is 2.37. The van der Waals surface area contributed by atoms with Crippen LogP contribution in [0.25, 0.3) is 0 Å². The Balaban J connectivity index is 2.36. The first kappa shape index (κ1) is 17.6. The number of carbonyl (C=O) groups excluding carboxylic acids is 1. The maximum Gasteiger partial charge on any atom is 0.417 e. The lowest BCUT2D eigenvalue weighted by molar-refractivity contribution is -0.138. The zero-order valence-corrected chi connectivity index (χ0v) is 13.1. The average molecular weight is 363 g/mol. The van der Waals surface area contributed by atoms with Crippen LogP contribution in [0.3, 0.4) is 0 Å². The summed E-state index contributed by atoms with van der Waals surface area (Å²) in [5.74, 6) is -1.12. The maximum absolute atomic E-state index is 13.3. The van der Waals surface area contributed by atoms with Gasteiger partial charge in [0.1, 0.15) is 0 Å². The van der Waals surface area contributed by atoms with Crippen LogP contribution in [0.5, 0.6) is 0 Å². The van der Waals surface area contributed by atoms with Crippen molar-refractivity contribution in [2.24, 2.45) is 5.73 Å². The SMILES string of the molecule is NC(=O)c1cccc(CCc2ncc(Cl)cc2Cl)c1C(F)(F)F. The zero-order valence-electron chi connectivity index (χ0n) is 11.6. The highest BCUT2D eigenvalue weighted by Crippen LogP contribution is 2.35. The Morgan fingerprint density at radius 2 is 1.91 bits per heavy atom. The summed E-state index contributed by atoms with van der Waals surface area (Å²) in [6, 6.07) is 5.19. The summed E-state index contributed by atoms with van der Waals surface area (Å²) >= 11 is 11.7. The molecule has 0 atom stereocenters. The van der Waals surface area contributed by atoms with Gasteiger partial charge in [-0.05, 0) is 30.5 Å². The Morgan fingerprint density at radius 1 is 1.22 bits per heavy atom. The van der Waals surface area contributed by atoms with E-state index >= 15 is 0 Å². The second kappa shape index (κ2) is 6.76. The fourth-order valence-corrected chi connectivity index (χ4v) is 2.70. The first-order valence-corrected chi connectivity index (χ1v) is 7.24. The predicted molar refractivity (Wildman–Crippen MR) is 81.6 cm³/mol. The van der Waals surface area contributed by atoms with E-state index < -0.39 is 23.2 Å². The summed E-state index contributed by atoms with van der Waals surface area (Å²) in [7, 11) is 0. The van der Waals surface area contributed by atoms with Crippen LogP contribution < -0.4 is 5.73 Å². The lowest BCUT2D eigenvalue weighted by Gasteiger charge is -2.16. The van der Waals surface area contributed by atoms with Gasteiger partial charge in [0.25, 0.3) is 0 Å². The van der Waals surface area contributed by atoms with E-state index in [0.717, 1.165) is 6.07 Å². The van der Waals surface area contributed by atoms with E-state index in [1.807, 2.05) is 0 Å². The third kappa shape index (κ3) is 4.14. The number of rotatable bonds is 4. The molecule has 1 heterocycles. The van der Waals surface area contributed by atoms with Crippen LogP contribution in [-0.4, -0.2) is 10.9 Å². The molecule has 1 amide bonds. The highest BCUT2D eigenvalue weighted by molar-refractivity contribution is 6.34. The van der Waals surface area contributed by atoms with Gasteiger partial charge in [-0.15, -0.1) is 0 Å². The minimum absolute atomic E-state index is 0.00428. The third-order valence-corrected chi connectivity index (χ3v) is 3.75. The molecule has 1 aromatic heterocycles. The molecule has 0 bridgehead atoms. The summed E-state index contributed by atoms with van der Waals surface area (Å²) in [6.45, 7) is 0. The molecule has 0 fully saturated rings. The number of nitrogens with two attached hydrogens (primary N) is 1. The number of amides is 1. The lowest BCUT2D eigenvalue weighted by atomic mass is 9.96. The molecule has 1 aromatic carbocycles. The quantitative estimate of drug-likeness (QED) is 0.881. The number of primary amides is 1. The van der Waals surface area contributed by atoms with Crippen molar-refractivity contribution >= 4 is 29.1 Å². The normalized spacial score (nSPS) is 11.5. The Hall–Kier alpha value is -1.79. The summed E-state index contributed by atoms with van der Waals surface area (Å²) < 4.78 is 39.8. The monoisotopic (exact) mass is 362 g/mol. The predicted octanol–water partition coefficient (Wildman–Crippen LogP) is 4.29. The number of hydrogen-bond donors (Lipinski definition) is 1. The number of halogens is 5. The van der Waals surface area contributed by atoms with Crippen LogP contribution in [0.2, 0.25) is 10.0 Å². The third-order valence-electron chi connectivity index (χ3n) is 3.21. The Labute approximate surface area is 140 Å². The summed E-state index contributed by atoms with van der Waals surface area (Å²) in [6.07, 6.45) is -3.14. The molecule has 0 saturated heterocycles. The number of carbonyl (C=O) groups is 1. The molecule has 2 aromatic rings. The second-order valence-corrected chi connectivity index (χ2v) is 5.63. The first-order chi connectivity index (χ1) is 10.7. The summed E-state index contributed by atoms with van der Waals surface area (Å²) in [5, 5.41) is 0.613. The molecule has 2 rings (SSSR count). The van der Waals surface area contributed by atoms with Crippen LogP contribution in [0.4, 0.5) is 13.2 Å². The highest BCUT2D eigenvalue weighted by atomic mass is 35.5. The first-order valence-electron chi connectivity index (χ1n) is 6.49. The van der Waals surface area contributed by atoms with Gasteiger partial charge < -0.3 is 5.73 Å². The molecule has 0 spiro atoms. The molecule has 0 radical (unpaired) electrons. The van der Waals surface area contributed by atoms with E-state index in [-0.39, 0.29) is 23.4 Å². The molecular formula is C15H11Cl2F3N2O. The minimum atomic E-state index is -4.68. The summed E-state index contributed by atoms with van der Waals surface area (Å²) in [5.41, 5.74) is 3.86. The molecule has 0 aliphatic heterocycles. The van der Waals surface area contributed by atoms with Gasteiger partial charge in [-0.25, -0.2) is 0 Å². The minimum Gasteiger partial charge on any atom is -0.366 e. The smallest absolute Gasteiger partial charge is 0.366 e. The van der Waals surface area contributed by atoms with Crippen molar-refractivity contribution in [1.82, 2.24) is 4.98 Å². The van der Waals surface area contributed by atoms with E-state index in [1.54, 1.807) is 0 Å². The molecular weight excluding hydrogens is 352 g/mol. The molecule has 0 saturated carbocycles. The van der Waals surface area contributed by atoms with E-state index in [4.69, 9.17) is 28.9 Å². The van der Waals surface area contributed by atoms with Gasteiger partial charge in [0.2, 0.25) is 5.91 Å². The van der Waals surface area contributed by atoms with E-state index in [1.165, 1.54) is 24.4 Å². The number of hydrogen-bond acceptors (Lipinski definition) is 2. The van der Waals surface area contributed by atoms with E-state index in [2.05, 4.69) is 4.98 Å². The molecule has 23 heavy (non-hydrogen) atoms. The molecule has 0 unspecified atom stereocenters. The van der Waals surface area contributed by atoms with Crippen molar-refractivity contribution in [2.45, 2.75) is 19.0 Å². The van der Waals surface area contributed by atoms with Gasteiger partial charge in [0.05, 0.1) is 26.9 Å². The average Bonchev–Trinajstić information content (AvgIpc) is 2.44. The van der Waals surface area contributed by atoms with Gasteiger partial charge in [0, 0.05) is 6.20 Å². The largest absolute Gasteiger partial charge is 0.417 e. The molecule has 8 heteroatoms. The number of nitrogens with zero attached hydrogens (tertiary/aromatic N) is 1. The van der Waals surface area contributed by atoms with Crippen molar-refractivity contribution < 1.29 is 18.0 Å². The number of aromatic nitrogens is 1. The van der Waals surface area contributed by atoms with Gasteiger partial charge >= 0.3 is 6.18 Å². The van der Waals surface area contributed by atoms with Gasteiger partial charge in [-0.1, -0.05) is 35.3 Å². The zero-order chi connectivity index (χ0) is 17.2. The van der Waals surface area contributed by atoms with Crippen molar-refractivity contribution in [3.8, 4) is 0 Å². The fourth-order valence-electron chi connectivity index (χ4n) is 2.23.